The number of hydrogen-bond donors (Lipinski definition) is 2. The van der Waals surface area contributed by atoms with Crippen molar-refractivity contribution in [2.75, 3.05) is 7.11 Å². The molecule has 1 aromatic rings. The molecule has 0 saturated carbocycles. The lowest BCUT2D eigenvalue weighted by Gasteiger charge is -2.11. The fourth-order valence-electron chi connectivity index (χ4n) is 1.16. The summed E-state index contributed by atoms with van der Waals surface area (Å²) in [5.41, 5.74) is 6.81. The molecular formula is C10H15NO2. The minimum absolute atomic E-state index is 0.00880. The summed E-state index contributed by atoms with van der Waals surface area (Å²) in [6.45, 7) is 2.02. The van der Waals surface area contributed by atoms with Gasteiger partial charge in [0.2, 0.25) is 0 Å². The fourth-order valence-corrected chi connectivity index (χ4v) is 1.16. The quantitative estimate of drug-likeness (QED) is 0.747. The van der Waals surface area contributed by atoms with Crippen LogP contribution in [0.25, 0.3) is 0 Å². The Morgan fingerprint density at radius 2 is 2.23 bits per heavy atom. The van der Waals surface area contributed by atoms with E-state index in [1.165, 1.54) is 7.11 Å². The Morgan fingerprint density at radius 3 is 2.77 bits per heavy atom. The summed E-state index contributed by atoms with van der Waals surface area (Å²) in [7, 11) is 1.52. The lowest BCUT2D eigenvalue weighted by atomic mass is 10.1. The predicted molar refractivity (Wildman–Crippen MR) is 51.9 cm³/mol. The first kappa shape index (κ1) is 9.86. The van der Waals surface area contributed by atoms with Crippen LogP contribution in [0.5, 0.6) is 11.5 Å². The van der Waals surface area contributed by atoms with Crippen LogP contribution in [0.2, 0.25) is 0 Å². The molecule has 0 bridgehead atoms. The SMILES string of the molecule is CC[C@H](N)c1ccc(O)c(OC)c1. The maximum atomic E-state index is 9.32. The van der Waals surface area contributed by atoms with E-state index >= 15 is 0 Å². The van der Waals surface area contributed by atoms with Gasteiger partial charge in [0.1, 0.15) is 0 Å². The van der Waals surface area contributed by atoms with E-state index in [2.05, 4.69) is 0 Å². The van der Waals surface area contributed by atoms with Crippen LogP contribution in [0.15, 0.2) is 18.2 Å². The third kappa shape index (κ3) is 2.12. The van der Waals surface area contributed by atoms with Gasteiger partial charge in [0.25, 0.3) is 0 Å². The maximum Gasteiger partial charge on any atom is 0.160 e. The van der Waals surface area contributed by atoms with E-state index in [0.717, 1.165) is 12.0 Å². The second kappa shape index (κ2) is 4.14. The molecule has 1 aromatic carbocycles. The van der Waals surface area contributed by atoms with E-state index in [0.29, 0.717) is 5.75 Å². The van der Waals surface area contributed by atoms with Crippen molar-refractivity contribution >= 4 is 0 Å². The number of rotatable bonds is 3. The molecule has 0 aliphatic carbocycles. The van der Waals surface area contributed by atoms with Crippen LogP contribution in [0, 0.1) is 0 Å². The van der Waals surface area contributed by atoms with E-state index in [1.807, 2.05) is 13.0 Å². The third-order valence-corrected chi connectivity index (χ3v) is 2.07. The van der Waals surface area contributed by atoms with Gasteiger partial charge >= 0.3 is 0 Å². The highest BCUT2D eigenvalue weighted by Gasteiger charge is 2.07. The van der Waals surface area contributed by atoms with Gasteiger partial charge in [-0.3, -0.25) is 0 Å². The number of phenols is 1. The first-order valence-electron chi connectivity index (χ1n) is 4.31. The zero-order valence-corrected chi connectivity index (χ0v) is 7.95. The molecule has 1 rings (SSSR count). The van der Waals surface area contributed by atoms with Crippen molar-refractivity contribution in [3.05, 3.63) is 23.8 Å². The van der Waals surface area contributed by atoms with Crippen LogP contribution in [0.1, 0.15) is 24.9 Å². The number of phenolic OH excluding ortho intramolecular Hbond substituents is 1. The molecule has 3 heteroatoms. The Kier molecular flexibility index (Phi) is 3.14. The minimum Gasteiger partial charge on any atom is -0.504 e. The summed E-state index contributed by atoms with van der Waals surface area (Å²) in [5, 5.41) is 9.32. The number of aromatic hydroxyl groups is 1. The monoisotopic (exact) mass is 181 g/mol. The second-order valence-electron chi connectivity index (χ2n) is 2.95. The lowest BCUT2D eigenvalue weighted by molar-refractivity contribution is 0.372. The molecule has 0 radical (unpaired) electrons. The second-order valence-corrected chi connectivity index (χ2v) is 2.95. The van der Waals surface area contributed by atoms with Crippen molar-refractivity contribution < 1.29 is 9.84 Å². The molecular weight excluding hydrogens is 166 g/mol. The number of nitrogens with two attached hydrogens (primary N) is 1. The van der Waals surface area contributed by atoms with E-state index in [9.17, 15) is 5.11 Å². The van der Waals surface area contributed by atoms with Gasteiger partial charge in [0.15, 0.2) is 11.5 Å². The first-order chi connectivity index (χ1) is 6.19. The molecule has 0 saturated heterocycles. The lowest BCUT2D eigenvalue weighted by Crippen LogP contribution is -2.08. The van der Waals surface area contributed by atoms with Crippen molar-refractivity contribution in [3.8, 4) is 11.5 Å². The summed E-state index contributed by atoms with van der Waals surface area (Å²) in [4.78, 5) is 0. The molecule has 3 nitrogen and oxygen atoms in total. The van der Waals surface area contributed by atoms with Crippen LogP contribution >= 0.6 is 0 Å². The van der Waals surface area contributed by atoms with Crippen LogP contribution in [0.3, 0.4) is 0 Å². The molecule has 1 atom stereocenters. The molecule has 0 unspecified atom stereocenters. The average Bonchev–Trinajstić information content (AvgIpc) is 2.17. The summed E-state index contributed by atoms with van der Waals surface area (Å²) >= 11 is 0. The third-order valence-electron chi connectivity index (χ3n) is 2.07. The molecule has 0 aromatic heterocycles. The maximum absolute atomic E-state index is 9.32. The van der Waals surface area contributed by atoms with Crippen molar-refractivity contribution in [1.82, 2.24) is 0 Å². The topological polar surface area (TPSA) is 55.5 Å². The Balaban J connectivity index is 2.99. The highest BCUT2D eigenvalue weighted by molar-refractivity contribution is 5.42. The molecule has 0 spiro atoms. The van der Waals surface area contributed by atoms with E-state index in [1.54, 1.807) is 12.1 Å². The fraction of sp³-hybridized carbons (Fsp3) is 0.400. The molecule has 3 N–H and O–H groups in total. The molecule has 0 amide bonds. The van der Waals surface area contributed by atoms with Crippen LogP contribution in [0.4, 0.5) is 0 Å². The van der Waals surface area contributed by atoms with Gasteiger partial charge in [-0.2, -0.15) is 0 Å². The Labute approximate surface area is 78.1 Å². The molecule has 0 fully saturated rings. The largest absolute Gasteiger partial charge is 0.504 e. The minimum atomic E-state index is 0.00880. The Hall–Kier alpha value is -1.22. The van der Waals surface area contributed by atoms with Crippen LogP contribution < -0.4 is 10.5 Å². The molecule has 0 aliphatic rings. The highest BCUT2D eigenvalue weighted by atomic mass is 16.5. The predicted octanol–water partition coefficient (Wildman–Crippen LogP) is 1.81. The summed E-state index contributed by atoms with van der Waals surface area (Å²) in [6, 6.07) is 5.19. The van der Waals surface area contributed by atoms with Crippen molar-refractivity contribution in [2.24, 2.45) is 5.73 Å². The van der Waals surface area contributed by atoms with Crippen LogP contribution in [-0.2, 0) is 0 Å². The Morgan fingerprint density at radius 1 is 1.54 bits per heavy atom. The number of ether oxygens (including phenoxy) is 1. The zero-order chi connectivity index (χ0) is 9.84. The van der Waals surface area contributed by atoms with Crippen molar-refractivity contribution in [2.45, 2.75) is 19.4 Å². The highest BCUT2D eigenvalue weighted by Crippen LogP contribution is 2.28. The normalized spacial score (nSPS) is 12.5. The smallest absolute Gasteiger partial charge is 0.160 e. The zero-order valence-electron chi connectivity index (χ0n) is 7.95. The summed E-state index contributed by atoms with van der Waals surface area (Å²) < 4.78 is 4.97. The Bertz CT molecular complexity index is 286. The average molecular weight is 181 g/mol. The van der Waals surface area contributed by atoms with E-state index in [-0.39, 0.29) is 11.8 Å². The van der Waals surface area contributed by atoms with Gasteiger partial charge in [-0.15, -0.1) is 0 Å². The van der Waals surface area contributed by atoms with Crippen molar-refractivity contribution in [3.63, 3.8) is 0 Å². The van der Waals surface area contributed by atoms with Gasteiger partial charge in [-0.05, 0) is 24.1 Å². The number of hydrogen-bond acceptors (Lipinski definition) is 3. The van der Waals surface area contributed by atoms with E-state index in [4.69, 9.17) is 10.5 Å². The number of benzene rings is 1. The van der Waals surface area contributed by atoms with Gasteiger partial charge in [-0.25, -0.2) is 0 Å². The molecule has 0 aliphatic heterocycles. The molecule has 72 valence electrons. The van der Waals surface area contributed by atoms with Gasteiger partial charge in [0.05, 0.1) is 7.11 Å². The first-order valence-corrected chi connectivity index (χ1v) is 4.31. The summed E-state index contributed by atoms with van der Waals surface area (Å²) in [5.74, 6) is 0.621. The van der Waals surface area contributed by atoms with Crippen LogP contribution in [-0.4, -0.2) is 12.2 Å². The summed E-state index contributed by atoms with van der Waals surface area (Å²) in [6.07, 6.45) is 0.869. The van der Waals surface area contributed by atoms with E-state index < -0.39 is 0 Å². The van der Waals surface area contributed by atoms with Gasteiger partial charge < -0.3 is 15.6 Å². The van der Waals surface area contributed by atoms with Gasteiger partial charge in [-0.1, -0.05) is 13.0 Å². The van der Waals surface area contributed by atoms with Gasteiger partial charge in [0, 0.05) is 6.04 Å². The molecule has 0 heterocycles. The molecule has 13 heavy (non-hydrogen) atoms. The van der Waals surface area contributed by atoms with Crippen molar-refractivity contribution in [1.29, 1.82) is 0 Å². The number of methoxy groups -OCH3 is 1. The standard InChI is InChI=1S/C10H15NO2/c1-3-8(11)7-4-5-9(12)10(6-7)13-2/h4-6,8,12H,3,11H2,1-2H3/t8-/m0/s1.